The molecular weight excluding hydrogens is 735 g/mol. The molecule has 61 heavy (non-hydrogen) atoms. The number of benzene rings is 9. The summed E-state index contributed by atoms with van der Waals surface area (Å²) in [7, 11) is 0. The molecule has 9 aromatic carbocycles. The molecule has 0 atom stereocenters. The van der Waals surface area contributed by atoms with Crippen molar-refractivity contribution >= 4 is 17.1 Å². The SMILES string of the molecule is CC1(C)c2ccccc2-c2ccc(-c3ccc4c(c3)C(C)(C)c3c(-c5ccc(N(c6ccc(-c7ccccc7)cc6)c6ccc(-c7ccccc7)cc6)cc5)cccc3-4)cc21. The second kappa shape index (κ2) is 14.2. The largest absolute Gasteiger partial charge is 0.311 e. The lowest BCUT2D eigenvalue weighted by Crippen LogP contribution is -2.16. The zero-order valence-corrected chi connectivity index (χ0v) is 35.2. The van der Waals surface area contributed by atoms with Crippen molar-refractivity contribution in [1.82, 2.24) is 0 Å². The second-order valence-corrected chi connectivity index (χ2v) is 17.8. The summed E-state index contributed by atoms with van der Waals surface area (Å²) in [6.45, 7) is 9.54. The number of nitrogens with zero attached hydrogens (tertiary/aromatic N) is 1. The fraction of sp³-hybridized carbons (Fsp3) is 0.100. The van der Waals surface area contributed by atoms with Crippen LogP contribution in [0.5, 0.6) is 0 Å². The molecule has 0 N–H and O–H groups in total. The first kappa shape index (κ1) is 36.8. The molecule has 0 spiro atoms. The molecule has 1 nitrogen and oxygen atoms in total. The van der Waals surface area contributed by atoms with Gasteiger partial charge in [0.05, 0.1) is 0 Å². The lowest BCUT2D eigenvalue weighted by Gasteiger charge is -2.27. The van der Waals surface area contributed by atoms with E-state index in [1.807, 2.05) is 0 Å². The summed E-state index contributed by atoms with van der Waals surface area (Å²) in [4.78, 5) is 2.36. The average Bonchev–Trinajstić information content (AvgIpc) is 3.69. The summed E-state index contributed by atoms with van der Waals surface area (Å²) >= 11 is 0. The predicted octanol–water partition coefficient (Wildman–Crippen LogP) is 16.4. The molecule has 0 heterocycles. The van der Waals surface area contributed by atoms with Gasteiger partial charge >= 0.3 is 0 Å². The smallest absolute Gasteiger partial charge is 0.0462 e. The highest BCUT2D eigenvalue weighted by Gasteiger charge is 2.39. The van der Waals surface area contributed by atoms with E-state index >= 15 is 0 Å². The van der Waals surface area contributed by atoms with Gasteiger partial charge in [-0.2, -0.15) is 0 Å². The third-order valence-electron chi connectivity index (χ3n) is 13.5. The van der Waals surface area contributed by atoms with E-state index in [1.54, 1.807) is 0 Å². The van der Waals surface area contributed by atoms with Crippen molar-refractivity contribution in [3.63, 3.8) is 0 Å². The zero-order valence-electron chi connectivity index (χ0n) is 35.2. The van der Waals surface area contributed by atoms with Crippen LogP contribution in [0.1, 0.15) is 49.9 Å². The van der Waals surface area contributed by atoms with Crippen LogP contribution in [0.25, 0.3) is 66.8 Å². The first-order chi connectivity index (χ1) is 29.8. The highest BCUT2D eigenvalue weighted by atomic mass is 15.1. The van der Waals surface area contributed by atoms with Gasteiger partial charge in [0.25, 0.3) is 0 Å². The number of rotatable bonds is 7. The maximum atomic E-state index is 2.46. The van der Waals surface area contributed by atoms with Gasteiger partial charge in [0, 0.05) is 27.9 Å². The van der Waals surface area contributed by atoms with Gasteiger partial charge in [-0.15, -0.1) is 0 Å². The van der Waals surface area contributed by atoms with Crippen molar-refractivity contribution in [3.05, 3.63) is 235 Å². The summed E-state index contributed by atoms with van der Waals surface area (Å²) in [5, 5.41) is 0. The monoisotopic (exact) mass is 781 g/mol. The minimum atomic E-state index is -0.185. The topological polar surface area (TPSA) is 3.24 Å². The maximum Gasteiger partial charge on any atom is 0.0462 e. The molecule has 0 unspecified atom stereocenters. The lowest BCUT2D eigenvalue weighted by atomic mass is 9.78. The highest BCUT2D eigenvalue weighted by molar-refractivity contribution is 5.91. The molecule has 1 heteroatoms. The van der Waals surface area contributed by atoms with E-state index in [9.17, 15) is 0 Å². The minimum Gasteiger partial charge on any atom is -0.311 e. The molecular formula is C60H47N. The molecule has 0 bridgehead atoms. The van der Waals surface area contributed by atoms with E-state index in [-0.39, 0.29) is 10.8 Å². The number of anilines is 3. The number of hydrogen-bond acceptors (Lipinski definition) is 1. The summed E-state index contributed by atoms with van der Waals surface area (Å²) in [6, 6.07) is 78.3. The number of fused-ring (bicyclic) bond motifs is 6. The van der Waals surface area contributed by atoms with Gasteiger partial charge in [-0.25, -0.2) is 0 Å². The van der Waals surface area contributed by atoms with Crippen LogP contribution < -0.4 is 4.90 Å². The van der Waals surface area contributed by atoms with Crippen molar-refractivity contribution in [3.8, 4) is 66.8 Å². The van der Waals surface area contributed by atoms with Gasteiger partial charge < -0.3 is 4.90 Å². The Labute approximate surface area is 360 Å². The zero-order chi connectivity index (χ0) is 41.3. The van der Waals surface area contributed by atoms with Crippen LogP contribution >= 0.6 is 0 Å². The fourth-order valence-electron chi connectivity index (χ4n) is 10.3. The second-order valence-electron chi connectivity index (χ2n) is 17.8. The molecule has 0 saturated carbocycles. The van der Waals surface area contributed by atoms with E-state index < -0.39 is 0 Å². The van der Waals surface area contributed by atoms with Crippen molar-refractivity contribution in [1.29, 1.82) is 0 Å². The van der Waals surface area contributed by atoms with Crippen LogP contribution in [-0.4, -0.2) is 0 Å². The average molecular weight is 782 g/mol. The molecule has 0 amide bonds. The maximum absolute atomic E-state index is 2.46. The van der Waals surface area contributed by atoms with Crippen LogP contribution in [0.3, 0.4) is 0 Å². The van der Waals surface area contributed by atoms with E-state index in [0.717, 1.165) is 17.1 Å². The van der Waals surface area contributed by atoms with Crippen molar-refractivity contribution in [2.45, 2.75) is 38.5 Å². The Balaban J connectivity index is 0.940. The summed E-state index contributed by atoms with van der Waals surface area (Å²) in [6.07, 6.45) is 0. The van der Waals surface area contributed by atoms with Gasteiger partial charge in [-0.1, -0.05) is 191 Å². The van der Waals surface area contributed by atoms with E-state index in [4.69, 9.17) is 0 Å². The Kier molecular flexibility index (Phi) is 8.58. The number of hydrogen-bond donors (Lipinski definition) is 0. The third-order valence-corrected chi connectivity index (χ3v) is 13.5. The van der Waals surface area contributed by atoms with Crippen molar-refractivity contribution < 1.29 is 0 Å². The molecule has 2 aliphatic carbocycles. The van der Waals surface area contributed by atoms with Crippen molar-refractivity contribution in [2.75, 3.05) is 4.90 Å². The molecule has 0 fully saturated rings. The van der Waals surface area contributed by atoms with Crippen LogP contribution in [-0.2, 0) is 10.8 Å². The van der Waals surface area contributed by atoms with E-state index in [0.29, 0.717) is 0 Å². The first-order valence-electron chi connectivity index (χ1n) is 21.5. The predicted molar refractivity (Wildman–Crippen MR) is 258 cm³/mol. The summed E-state index contributed by atoms with van der Waals surface area (Å²) < 4.78 is 0. The van der Waals surface area contributed by atoms with Crippen LogP contribution in [0.15, 0.2) is 212 Å². The highest BCUT2D eigenvalue weighted by Crippen LogP contribution is 2.54. The molecule has 0 aromatic heterocycles. The quantitative estimate of drug-likeness (QED) is 0.156. The molecule has 0 aliphatic heterocycles. The summed E-state index contributed by atoms with van der Waals surface area (Å²) in [5.41, 5.74) is 24.0. The molecule has 9 aromatic rings. The van der Waals surface area contributed by atoms with Crippen molar-refractivity contribution in [2.24, 2.45) is 0 Å². The first-order valence-corrected chi connectivity index (χ1v) is 21.5. The molecule has 0 saturated heterocycles. The third kappa shape index (κ3) is 6.07. The molecule has 292 valence electrons. The Hall–Kier alpha value is -7.22. The van der Waals surface area contributed by atoms with Crippen LogP contribution in [0, 0.1) is 0 Å². The van der Waals surface area contributed by atoms with Gasteiger partial charge in [0.15, 0.2) is 0 Å². The molecule has 11 rings (SSSR count). The van der Waals surface area contributed by atoms with Crippen LogP contribution in [0.2, 0.25) is 0 Å². The molecule has 2 aliphatic rings. The fourth-order valence-corrected chi connectivity index (χ4v) is 10.3. The molecule has 0 radical (unpaired) electrons. The lowest BCUT2D eigenvalue weighted by molar-refractivity contribution is 0.660. The van der Waals surface area contributed by atoms with Gasteiger partial charge in [-0.3, -0.25) is 0 Å². The van der Waals surface area contributed by atoms with Gasteiger partial charge in [0.2, 0.25) is 0 Å². The van der Waals surface area contributed by atoms with Gasteiger partial charge in [-0.05, 0) is 138 Å². The Morgan fingerprint density at radius 1 is 0.262 bits per heavy atom. The normalized spacial score (nSPS) is 13.8. The Bertz CT molecular complexity index is 3000. The Morgan fingerprint density at radius 3 is 1.18 bits per heavy atom. The summed E-state index contributed by atoms with van der Waals surface area (Å²) in [5.74, 6) is 0. The Morgan fingerprint density at radius 2 is 0.639 bits per heavy atom. The minimum absolute atomic E-state index is 0.0321. The van der Waals surface area contributed by atoms with E-state index in [1.165, 1.54) is 89.0 Å². The van der Waals surface area contributed by atoms with E-state index in [2.05, 4.69) is 245 Å². The van der Waals surface area contributed by atoms with Gasteiger partial charge in [0.1, 0.15) is 0 Å². The standard InChI is InChI=1S/C60H47N/c1-59(2)55-21-12-11-18-51(55)52-36-28-45(38-56(52)59)46-29-37-53-54-20-13-19-50(58(54)60(3,4)57(53)39-46)44-26-34-49(35-27-44)61(47-30-22-42(23-31-47)40-14-7-5-8-15-40)48-32-24-43(25-33-48)41-16-9-6-10-17-41/h5-39H,1-4H3. The van der Waals surface area contributed by atoms with Crippen LogP contribution in [0.4, 0.5) is 17.1 Å².